The Balaban J connectivity index is 1.22. The number of carbonyl (C=O) groups excluding carboxylic acids is 2. The summed E-state index contributed by atoms with van der Waals surface area (Å²) < 4.78 is 0. The van der Waals surface area contributed by atoms with Crippen molar-refractivity contribution in [3.05, 3.63) is 57.3 Å². The number of hydrogen-bond donors (Lipinski definition) is 1. The van der Waals surface area contributed by atoms with Crippen molar-refractivity contribution in [3.63, 3.8) is 0 Å². The zero-order valence-electron chi connectivity index (χ0n) is 18.4. The Labute approximate surface area is 189 Å². The van der Waals surface area contributed by atoms with Gasteiger partial charge in [-0.3, -0.25) is 14.5 Å². The number of benzene rings is 1. The average molecular weight is 440 g/mol. The van der Waals surface area contributed by atoms with Gasteiger partial charge in [-0.05, 0) is 66.4 Å². The van der Waals surface area contributed by atoms with Crippen molar-refractivity contribution >= 4 is 23.2 Å². The van der Waals surface area contributed by atoms with Gasteiger partial charge in [0.2, 0.25) is 11.8 Å². The number of likely N-dealkylation sites (tertiary alicyclic amines) is 1. The van der Waals surface area contributed by atoms with Gasteiger partial charge in [0.05, 0.1) is 0 Å². The molecule has 0 unspecified atom stereocenters. The molecule has 2 aromatic rings. The molecule has 31 heavy (non-hydrogen) atoms. The van der Waals surface area contributed by atoms with E-state index in [1.807, 2.05) is 11.0 Å². The second-order valence-electron chi connectivity index (χ2n) is 8.94. The maximum absolute atomic E-state index is 12.6. The molecule has 0 saturated carbocycles. The summed E-state index contributed by atoms with van der Waals surface area (Å²) in [5, 5.41) is 5.12. The van der Waals surface area contributed by atoms with Crippen LogP contribution in [0.25, 0.3) is 0 Å². The Morgan fingerprint density at radius 1 is 1.06 bits per heavy atom. The number of rotatable bonds is 7. The van der Waals surface area contributed by atoms with Crippen LogP contribution in [-0.4, -0.2) is 41.2 Å². The summed E-state index contributed by atoms with van der Waals surface area (Å²) >= 11 is 1.77. The molecule has 166 valence electrons. The van der Waals surface area contributed by atoms with E-state index in [1.54, 1.807) is 11.3 Å². The van der Waals surface area contributed by atoms with Crippen LogP contribution in [0.1, 0.15) is 54.2 Å². The van der Waals surface area contributed by atoms with Gasteiger partial charge in [0.1, 0.15) is 0 Å². The highest BCUT2D eigenvalue weighted by atomic mass is 32.1. The third-order valence-corrected chi connectivity index (χ3v) is 7.61. The third kappa shape index (κ3) is 5.95. The molecule has 1 aromatic carbocycles. The Bertz CT molecular complexity index is 902. The smallest absolute Gasteiger partial charge is 0.223 e. The Hall–Kier alpha value is -2.18. The lowest BCUT2D eigenvalue weighted by Gasteiger charge is -2.30. The number of piperidine rings is 1. The maximum Gasteiger partial charge on any atom is 0.223 e. The Kier molecular flexibility index (Phi) is 7.41. The molecule has 0 aliphatic carbocycles. The van der Waals surface area contributed by atoms with Crippen molar-refractivity contribution in [2.45, 2.75) is 58.7 Å². The van der Waals surface area contributed by atoms with Gasteiger partial charge >= 0.3 is 0 Å². The van der Waals surface area contributed by atoms with Gasteiger partial charge in [-0.1, -0.05) is 31.2 Å². The molecule has 2 aliphatic heterocycles. The van der Waals surface area contributed by atoms with E-state index in [1.165, 1.54) is 34.4 Å². The Morgan fingerprint density at radius 2 is 1.84 bits per heavy atom. The molecule has 5 nitrogen and oxygen atoms in total. The molecule has 1 aromatic heterocycles. The first kappa shape index (κ1) is 22.0. The van der Waals surface area contributed by atoms with E-state index in [0.717, 1.165) is 38.5 Å². The molecular weight excluding hydrogens is 406 g/mol. The van der Waals surface area contributed by atoms with E-state index < -0.39 is 0 Å². The second kappa shape index (κ2) is 10.4. The number of nitrogens with one attached hydrogen (secondary N) is 1. The van der Waals surface area contributed by atoms with Crippen LogP contribution in [0.2, 0.25) is 0 Å². The van der Waals surface area contributed by atoms with Gasteiger partial charge in [-0.2, -0.15) is 0 Å². The lowest BCUT2D eigenvalue weighted by molar-refractivity contribution is -0.134. The average Bonchev–Trinajstić information content (AvgIpc) is 3.26. The van der Waals surface area contributed by atoms with E-state index in [0.29, 0.717) is 13.1 Å². The van der Waals surface area contributed by atoms with Crippen molar-refractivity contribution in [3.8, 4) is 0 Å². The lowest BCUT2D eigenvalue weighted by Crippen LogP contribution is -2.36. The molecule has 1 N–H and O–H groups in total. The van der Waals surface area contributed by atoms with Crippen LogP contribution in [0.15, 0.2) is 35.7 Å². The predicted octanol–water partition coefficient (Wildman–Crippen LogP) is 3.96. The zero-order valence-corrected chi connectivity index (χ0v) is 19.3. The fourth-order valence-corrected chi connectivity index (χ4v) is 5.36. The van der Waals surface area contributed by atoms with E-state index in [4.69, 9.17) is 0 Å². The molecule has 1 fully saturated rings. The van der Waals surface area contributed by atoms with Gasteiger partial charge in [-0.25, -0.2) is 0 Å². The minimum Gasteiger partial charge on any atom is -0.352 e. The molecule has 3 heterocycles. The quantitative estimate of drug-likeness (QED) is 0.710. The van der Waals surface area contributed by atoms with E-state index in [2.05, 4.69) is 46.8 Å². The van der Waals surface area contributed by atoms with Crippen molar-refractivity contribution < 1.29 is 9.59 Å². The summed E-state index contributed by atoms with van der Waals surface area (Å²) in [6, 6.07) is 10.5. The van der Waals surface area contributed by atoms with E-state index in [9.17, 15) is 9.59 Å². The summed E-state index contributed by atoms with van der Waals surface area (Å²) in [6.45, 7) is 7.53. The van der Waals surface area contributed by atoms with Crippen LogP contribution in [-0.2, 0) is 35.6 Å². The second-order valence-corrected chi connectivity index (χ2v) is 9.94. The van der Waals surface area contributed by atoms with Crippen LogP contribution in [0.4, 0.5) is 0 Å². The van der Waals surface area contributed by atoms with Gasteiger partial charge in [0, 0.05) is 43.9 Å². The summed E-state index contributed by atoms with van der Waals surface area (Å²) in [7, 11) is 0. The maximum atomic E-state index is 12.6. The molecule has 0 bridgehead atoms. The first-order chi connectivity index (χ1) is 15.1. The van der Waals surface area contributed by atoms with Crippen LogP contribution >= 0.6 is 11.3 Å². The van der Waals surface area contributed by atoms with Crippen molar-refractivity contribution in [1.29, 1.82) is 0 Å². The molecule has 0 atom stereocenters. The van der Waals surface area contributed by atoms with Gasteiger partial charge in [-0.15, -0.1) is 11.3 Å². The summed E-state index contributed by atoms with van der Waals surface area (Å²) in [5.74, 6) is 0.848. The van der Waals surface area contributed by atoms with Crippen molar-refractivity contribution in [1.82, 2.24) is 15.1 Å². The number of nitrogens with zero attached hydrogens (tertiary/aromatic N) is 2. The largest absolute Gasteiger partial charge is 0.352 e. The lowest BCUT2D eigenvalue weighted by atomic mass is 9.98. The highest BCUT2D eigenvalue weighted by Crippen LogP contribution is 2.24. The van der Waals surface area contributed by atoms with Gasteiger partial charge in [0.25, 0.3) is 0 Å². The monoisotopic (exact) mass is 439 g/mol. The highest BCUT2D eigenvalue weighted by molar-refractivity contribution is 7.10. The number of hydrogen-bond acceptors (Lipinski definition) is 4. The SMILES string of the molecule is CC1CCN(Cc2ccccc2CNC(=O)CCC(=O)N2CCc3sccc3C2)CC1. The fraction of sp³-hybridized carbons (Fsp3) is 0.520. The number of fused-ring (bicyclic) bond motifs is 1. The molecule has 4 rings (SSSR count). The predicted molar refractivity (Wildman–Crippen MR) is 125 cm³/mol. The van der Waals surface area contributed by atoms with E-state index in [-0.39, 0.29) is 24.7 Å². The Morgan fingerprint density at radius 3 is 2.65 bits per heavy atom. The zero-order chi connectivity index (χ0) is 21.6. The van der Waals surface area contributed by atoms with Crippen LogP contribution in [0, 0.1) is 5.92 Å². The van der Waals surface area contributed by atoms with Crippen molar-refractivity contribution in [2.75, 3.05) is 19.6 Å². The van der Waals surface area contributed by atoms with E-state index >= 15 is 0 Å². The molecule has 2 aliphatic rings. The number of amides is 2. The topological polar surface area (TPSA) is 52.7 Å². The summed E-state index contributed by atoms with van der Waals surface area (Å²) in [4.78, 5) is 30.7. The number of carbonyl (C=O) groups is 2. The van der Waals surface area contributed by atoms with Crippen LogP contribution in [0.5, 0.6) is 0 Å². The normalized spacial score (nSPS) is 17.4. The number of thiophene rings is 1. The van der Waals surface area contributed by atoms with Gasteiger partial charge in [0.15, 0.2) is 0 Å². The molecule has 0 radical (unpaired) electrons. The molecule has 2 amide bonds. The fourth-order valence-electron chi connectivity index (χ4n) is 4.47. The molecule has 6 heteroatoms. The standard InChI is InChI=1S/C25H33N3O2S/c1-19-8-12-27(13-9-19)17-21-5-3-2-4-20(21)16-26-24(29)6-7-25(30)28-14-10-23-22(18-28)11-15-31-23/h2-5,11,15,19H,6-10,12-14,16-18H2,1H3,(H,26,29). The first-order valence-corrected chi connectivity index (χ1v) is 12.4. The van der Waals surface area contributed by atoms with Crippen LogP contribution in [0.3, 0.4) is 0 Å². The van der Waals surface area contributed by atoms with Crippen LogP contribution < -0.4 is 5.32 Å². The van der Waals surface area contributed by atoms with Gasteiger partial charge < -0.3 is 10.2 Å². The highest BCUT2D eigenvalue weighted by Gasteiger charge is 2.22. The minimum absolute atomic E-state index is 0.0526. The molecular formula is C25H33N3O2S. The first-order valence-electron chi connectivity index (χ1n) is 11.5. The summed E-state index contributed by atoms with van der Waals surface area (Å²) in [5.41, 5.74) is 3.71. The summed E-state index contributed by atoms with van der Waals surface area (Å²) in [6.07, 6.45) is 3.98. The molecule has 0 spiro atoms. The van der Waals surface area contributed by atoms with Crippen molar-refractivity contribution in [2.24, 2.45) is 5.92 Å². The molecule has 1 saturated heterocycles. The minimum atomic E-state index is -0.0526. The third-order valence-electron chi connectivity index (χ3n) is 6.59.